The van der Waals surface area contributed by atoms with Gasteiger partial charge in [-0.3, -0.25) is 5.32 Å². The molecule has 1 amide bonds. The summed E-state index contributed by atoms with van der Waals surface area (Å²) in [6.07, 6.45) is 1.88. The number of carboxylic acids is 1. The number of anilines is 1. The number of hydrogen-bond acceptors (Lipinski definition) is 5. The summed E-state index contributed by atoms with van der Waals surface area (Å²) in [4.78, 5) is 27.7. The molecule has 0 radical (unpaired) electrons. The van der Waals surface area contributed by atoms with Gasteiger partial charge in [0.15, 0.2) is 11.6 Å². The van der Waals surface area contributed by atoms with E-state index in [-0.39, 0.29) is 18.0 Å². The number of aromatic nitrogens is 3. The predicted molar refractivity (Wildman–Crippen MR) is 96.3 cm³/mol. The van der Waals surface area contributed by atoms with Crippen LogP contribution in [0.2, 0.25) is 0 Å². The number of carboxylic acid groups (broad SMARTS) is 1. The van der Waals surface area contributed by atoms with E-state index in [1.807, 2.05) is 30.3 Å². The van der Waals surface area contributed by atoms with Crippen molar-refractivity contribution in [1.82, 2.24) is 14.8 Å². The lowest BCUT2D eigenvalue weighted by Crippen LogP contribution is -2.18. The Morgan fingerprint density at radius 3 is 2.58 bits per heavy atom. The molecule has 0 aliphatic rings. The number of carbonyl (C=O) groups excluding carboxylic acids is 1. The minimum Gasteiger partial charge on any atom is -0.477 e. The van der Waals surface area contributed by atoms with Crippen LogP contribution in [0.15, 0.2) is 59.3 Å². The number of halogens is 1. The number of benzene rings is 1. The van der Waals surface area contributed by atoms with Gasteiger partial charge in [0, 0.05) is 10.7 Å². The van der Waals surface area contributed by atoms with Crippen LogP contribution in [0.5, 0.6) is 0 Å². The van der Waals surface area contributed by atoms with Crippen molar-refractivity contribution < 1.29 is 19.4 Å². The van der Waals surface area contributed by atoms with Crippen molar-refractivity contribution in [2.45, 2.75) is 6.61 Å². The molecule has 1 aromatic carbocycles. The Hall–Kier alpha value is -3.20. The van der Waals surface area contributed by atoms with Gasteiger partial charge in [-0.15, -0.1) is 0 Å². The van der Waals surface area contributed by atoms with Crippen molar-refractivity contribution in [3.8, 4) is 5.82 Å². The Balaban J connectivity index is 1.81. The molecule has 132 valence electrons. The topological polar surface area (TPSA) is 106 Å². The van der Waals surface area contributed by atoms with Gasteiger partial charge in [-0.2, -0.15) is 9.78 Å². The van der Waals surface area contributed by atoms with Crippen LogP contribution < -0.4 is 5.32 Å². The van der Waals surface area contributed by atoms with Crippen LogP contribution in [-0.2, 0) is 11.3 Å². The number of pyridine rings is 1. The Morgan fingerprint density at radius 1 is 1.15 bits per heavy atom. The van der Waals surface area contributed by atoms with E-state index in [0.717, 1.165) is 16.2 Å². The third-order valence-electron chi connectivity index (χ3n) is 3.36. The zero-order chi connectivity index (χ0) is 18.5. The van der Waals surface area contributed by atoms with Crippen molar-refractivity contribution in [2.24, 2.45) is 0 Å². The largest absolute Gasteiger partial charge is 0.477 e. The number of carbonyl (C=O) groups is 2. The molecule has 0 atom stereocenters. The Kier molecular flexibility index (Phi) is 5.28. The van der Waals surface area contributed by atoms with E-state index in [2.05, 4.69) is 31.3 Å². The van der Waals surface area contributed by atoms with Gasteiger partial charge >= 0.3 is 12.1 Å². The van der Waals surface area contributed by atoms with Gasteiger partial charge in [-0.05, 0) is 33.6 Å². The van der Waals surface area contributed by atoms with Gasteiger partial charge in [0.2, 0.25) is 0 Å². The fraction of sp³-hybridized carbons (Fsp3) is 0.0588. The second kappa shape index (κ2) is 7.79. The highest BCUT2D eigenvalue weighted by atomic mass is 79.9. The number of hydrogen-bond donors (Lipinski definition) is 2. The molecule has 0 fully saturated rings. The summed E-state index contributed by atoms with van der Waals surface area (Å²) in [7, 11) is 0. The van der Waals surface area contributed by atoms with Crippen molar-refractivity contribution in [3.05, 3.63) is 70.5 Å². The van der Waals surface area contributed by atoms with Crippen LogP contribution in [-0.4, -0.2) is 31.9 Å². The molecular formula is C17H13BrN4O4. The molecule has 0 saturated heterocycles. The molecule has 0 bridgehead atoms. The summed E-state index contributed by atoms with van der Waals surface area (Å²) in [5, 5.41) is 15.7. The third kappa shape index (κ3) is 4.06. The zero-order valence-corrected chi connectivity index (χ0v) is 14.9. The highest BCUT2D eigenvalue weighted by Crippen LogP contribution is 2.20. The van der Waals surface area contributed by atoms with Gasteiger partial charge in [0.25, 0.3) is 0 Å². The van der Waals surface area contributed by atoms with Crippen LogP contribution in [0.25, 0.3) is 5.82 Å². The van der Waals surface area contributed by atoms with E-state index in [9.17, 15) is 14.7 Å². The quantitative estimate of drug-likeness (QED) is 0.659. The highest BCUT2D eigenvalue weighted by molar-refractivity contribution is 9.10. The van der Waals surface area contributed by atoms with E-state index in [0.29, 0.717) is 5.82 Å². The molecular weight excluding hydrogens is 404 g/mol. The van der Waals surface area contributed by atoms with E-state index < -0.39 is 12.1 Å². The normalized spacial score (nSPS) is 10.3. The van der Waals surface area contributed by atoms with E-state index in [1.165, 1.54) is 10.9 Å². The summed E-state index contributed by atoms with van der Waals surface area (Å²) in [6, 6.07) is 12.5. The summed E-state index contributed by atoms with van der Waals surface area (Å²) in [5.41, 5.74) is 0.635. The maximum atomic E-state index is 12.1. The lowest BCUT2D eigenvalue weighted by Gasteiger charge is -2.10. The molecule has 8 nitrogen and oxygen atoms in total. The van der Waals surface area contributed by atoms with Crippen LogP contribution in [0.4, 0.5) is 10.6 Å². The Labute approximate surface area is 156 Å². The molecule has 2 aromatic heterocycles. The lowest BCUT2D eigenvalue weighted by molar-refractivity contribution is 0.0698. The lowest BCUT2D eigenvalue weighted by atomic mass is 10.2. The first-order valence-corrected chi connectivity index (χ1v) is 8.25. The number of nitrogens with one attached hydrogen (secondary N) is 1. The zero-order valence-electron chi connectivity index (χ0n) is 13.3. The van der Waals surface area contributed by atoms with Gasteiger partial charge in [0.1, 0.15) is 12.2 Å². The van der Waals surface area contributed by atoms with Gasteiger partial charge in [-0.25, -0.2) is 14.6 Å². The summed E-state index contributed by atoms with van der Waals surface area (Å²) >= 11 is 3.27. The Morgan fingerprint density at radius 2 is 1.92 bits per heavy atom. The average molecular weight is 417 g/mol. The SMILES string of the molecule is O=C(Nc1c(C(=O)O)cnn1-c1ccc(Br)cn1)OCc1ccccc1. The second-order valence-corrected chi connectivity index (χ2v) is 6.06. The molecule has 2 N–H and O–H groups in total. The fourth-order valence-corrected chi connectivity index (χ4v) is 2.38. The maximum Gasteiger partial charge on any atom is 0.413 e. The monoisotopic (exact) mass is 416 g/mol. The molecule has 26 heavy (non-hydrogen) atoms. The highest BCUT2D eigenvalue weighted by Gasteiger charge is 2.21. The molecule has 0 saturated carbocycles. The Bertz CT molecular complexity index is 926. The first-order valence-electron chi connectivity index (χ1n) is 7.45. The van der Waals surface area contributed by atoms with Crippen molar-refractivity contribution >= 4 is 33.8 Å². The maximum absolute atomic E-state index is 12.1. The van der Waals surface area contributed by atoms with Crippen molar-refractivity contribution in [3.63, 3.8) is 0 Å². The third-order valence-corrected chi connectivity index (χ3v) is 3.83. The molecule has 2 heterocycles. The number of rotatable bonds is 5. The number of amides is 1. The summed E-state index contributed by atoms with van der Waals surface area (Å²) in [5.74, 6) is -0.920. The molecule has 0 spiro atoms. The number of ether oxygens (including phenoxy) is 1. The van der Waals surface area contributed by atoms with Crippen LogP contribution in [0.3, 0.4) is 0 Å². The van der Waals surface area contributed by atoms with Crippen LogP contribution >= 0.6 is 15.9 Å². The standard InChI is InChI=1S/C17H13BrN4O4/c18-12-6-7-14(19-8-12)22-15(13(9-20-22)16(23)24)21-17(25)26-10-11-4-2-1-3-5-11/h1-9H,10H2,(H,21,25)(H,23,24). The molecule has 0 aliphatic heterocycles. The van der Waals surface area contributed by atoms with Crippen LogP contribution in [0, 0.1) is 0 Å². The van der Waals surface area contributed by atoms with E-state index in [1.54, 1.807) is 12.1 Å². The first kappa shape index (κ1) is 17.6. The molecule has 0 unspecified atom stereocenters. The predicted octanol–water partition coefficient (Wildman–Crippen LogP) is 3.48. The fourth-order valence-electron chi connectivity index (χ4n) is 2.15. The second-order valence-electron chi connectivity index (χ2n) is 5.15. The van der Waals surface area contributed by atoms with Gasteiger partial charge < -0.3 is 9.84 Å². The van der Waals surface area contributed by atoms with E-state index >= 15 is 0 Å². The van der Waals surface area contributed by atoms with Gasteiger partial charge in [-0.1, -0.05) is 30.3 Å². The summed E-state index contributed by atoms with van der Waals surface area (Å²) in [6.45, 7) is 0.0553. The van der Waals surface area contributed by atoms with E-state index in [4.69, 9.17) is 4.74 Å². The molecule has 0 aliphatic carbocycles. The van der Waals surface area contributed by atoms with Crippen molar-refractivity contribution in [2.75, 3.05) is 5.32 Å². The van der Waals surface area contributed by atoms with Crippen molar-refractivity contribution in [1.29, 1.82) is 0 Å². The van der Waals surface area contributed by atoms with Crippen LogP contribution in [0.1, 0.15) is 15.9 Å². The smallest absolute Gasteiger partial charge is 0.413 e. The molecule has 3 rings (SSSR count). The molecule has 9 heteroatoms. The summed E-state index contributed by atoms with van der Waals surface area (Å²) < 4.78 is 7.11. The minimum absolute atomic E-state index is 0.0367. The van der Waals surface area contributed by atoms with Gasteiger partial charge in [0.05, 0.1) is 6.20 Å². The molecule has 3 aromatic rings. The minimum atomic E-state index is -1.23. The number of aromatic carboxylic acids is 1. The average Bonchev–Trinajstić information content (AvgIpc) is 3.05. The number of nitrogens with zero attached hydrogens (tertiary/aromatic N) is 3. The first-order chi connectivity index (χ1) is 12.5.